The molecule has 0 radical (unpaired) electrons. The molecule has 1 aliphatic heterocycles. The summed E-state index contributed by atoms with van der Waals surface area (Å²) in [6.45, 7) is 6.18. The van der Waals surface area contributed by atoms with Gasteiger partial charge in [-0.15, -0.1) is 6.58 Å². The van der Waals surface area contributed by atoms with Crippen molar-refractivity contribution in [2.75, 3.05) is 13.7 Å². The average molecular weight is 389 g/mol. The molecule has 0 saturated heterocycles. The lowest BCUT2D eigenvalue weighted by Gasteiger charge is -2.14. The number of allylic oxidation sites excluding steroid dienone is 1. The molecule has 0 saturated carbocycles. The van der Waals surface area contributed by atoms with Crippen molar-refractivity contribution in [3.8, 4) is 5.75 Å². The van der Waals surface area contributed by atoms with E-state index in [-0.39, 0.29) is 11.5 Å². The molecule has 1 heterocycles. The molecule has 0 bridgehead atoms. The van der Waals surface area contributed by atoms with Crippen LogP contribution in [0.5, 0.6) is 5.75 Å². The van der Waals surface area contributed by atoms with Crippen LogP contribution in [0.3, 0.4) is 0 Å². The monoisotopic (exact) mass is 389 g/mol. The lowest BCUT2D eigenvalue weighted by atomic mass is 10.0. The SMILES string of the molecule is C=CCN1C(=O)C(=Cc2cccc(OCc3ccccc3)c2)C(C(=O)OC)=C1C. The van der Waals surface area contributed by atoms with Crippen molar-refractivity contribution in [2.24, 2.45) is 0 Å². The Morgan fingerprint density at radius 1 is 1.14 bits per heavy atom. The zero-order valence-corrected chi connectivity index (χ0v) is 16.6. The molecule has 5 heteroatoms. The number of carbonyl (C=O) groups excluding carboxylic acids is 2. The van der Waals surface area contributed by atoms with E-state index in [0.717, 1.165) is 11.1 Å². The number of rotatable bonds is 7. The van der Waals surface area contributed by atoms with Crippen molar-refractivity contribution in [2.45, 2.75) is 13.5 Å². The van der Waals surface area contributed by atoms with Crippen molar-refractivity contribution in [3.63, 3.8) is 0 Å². The van der Waals surface area contributed by atoms with E-state index in [1.165, 1.54) is 12.0 Å². The van der Waals surface area contributed by atoms with Gasteiger partial charge in [0, 0.05) is 12.2 Å². The molecule has 0 aliphatic carbocycles. The summed E-state index contributed by atoms with van der Waals surface area (Å²) in [6.07, 6.45) is 3.31. The summed E-state index contributed by atoms with van der Waals surface area (Å²) in [5.74, 6) is -0.111. The highest BCUT2D eigenvalue weighted by Gasteiger charge is 2.36. The average Bonchev–Trinajstić information content (AvgIpc) is 2.97. The van der Waals surface area contributed by atoms with Crippen molar-refractivity contribution in [1.29, 1.82) is 0 Å². The molecule has 29 heavy (non-hydrogen) atoms. The summed E-state index contributed by atoms with van der Waals surface area (Å²) < 4.78 is 10.8. The van der Waals surface area contributed by atoms with Crippen LogP contribution in [0.15, 0.2) is 84.1 Å². The van der Waals surface area contributed by atoms with Crippen LogP contribution in [0.2, 0.25) is 0 Å². The standard InChI is InChI=1S/C24H23NO4/c1-4-13-25-17(2)22(24(27)28-3)21(23(25)26)15-19-11-8-12-20(14-19)29-16-18-9-6-5-7-10-18/h4-12,14-15H,1,13,16H2,2-3H3. The van der Waals surface area contributed by atoms with Crippen molar-refractivity contribution >= 4 is 18.0 Å². The number of carbonyl (C=O) groups is 2. The zero-order chi connectivity index (χ0) is 20.8. The van der Waals surface area contributed by atoms with E-state index in [4.69, 9.17) is 9.47 Å². The normalized spacial score (nSPS) is 15.0. The van der Waals surface area contributed by atoms with Gasteiger partial charge in [0.25, 0.3) is 5.91 Å². The van der Waals surface area contributed by atoms with Crippen LogP contribution in [0.1, 0.15) is 18.1 Å². The molecule has 148 valence electrons. The Kier molecular flexibility index (Phi) is 6.29. The molecule has 0 unspecified atom stereocenters. The van der Waals surface area contributed by atoms with Crippen LogP contribution in [0.4, 0.5) is 0 Å². The van der Waals surface area contributed by atoms with Crippen LogP contribution < -0.4 is 4.74 Å². The maximum absolute atomic E-state index is 12.9. The minimum Gasteiger partial charge on any atom is -0.489 e. The van der Waals surface area contributed by atoms with E-state index in [1.807, 2.05) is 54.6 Å². The molecule has 0 spiro atoms. The second-order valence-electron chi connectivity index (χ2n) is 6.56. The quantitative estimate of drug-likeness (QED) is 0.406. The van der Waals surface area contributed by atoms with E-state index < -0.39 is 5.97 Å². The summed E-state index contributed by atoms with van der Waals surface area (Å²) in [5.41, 5.74) is 2.96. The fraction of sp³-hybridized carbons (Fsp3) is 0.167. The maximum atomic E-state index is 12.9. The van der Waals surface area contributed by atoms with Gasteiger partial charge in [-0.25, -0.2) is 4.79 Å². The summed E-state index contributed by atoms with van der Waals surface area (Å²) in [5, 5.41) is 0. The molecular formula is C24H23NO4. The number of hydrogen-bond acceptors (Lipinski definition) is 4. The number of methoxy groups -OCH3 is 1. The number of esters is 1. The summed E-state index contributed by atoms with van der Waals surface area (Å²) >= 11 is 0. The van der Waals surface area contributed by atoms with Gasteiger partial charge in [-0.3, -0.25) is 4.79 Å². The van der Waals surface area contributed by atoms with Gasteiger partial charge >= 0.3 is 5.97 Å². The Hall–Kier alpha value is -3.60. The largest absolute Gasteiger partial charge is 0.489 e. The zero-order valence-electron chi connectivity index (χ0n) is 16.6. The van der Waals surface area contributed by atoms with Crippen LogP contribution in [0.25, 0.3) is 6.08 Å². The van der Waals surface area contributed by atoms with E-state index in [2.05, 4.69) is 6.58 Å². The third kappa shape index (κ3) is 4.46. The van der Waals surface area contributed by atoms with Gasteiger partial charge in [0.2, 0.25) is 0 Å². The van der Waals surface area contributed by atoms with Crippen LogP contribution in [-0.2, 0) is 20.9 Å². The van der Waals surface area contributed by atoms with Gasteiger partial charge in [-0.2, -0.15) is 0 Å². The lowest BCUT2D eigenvalue weighted by molar-refractivity contribution is -0.136. The van der Waals surface area contributed by atoms with Gasteiger partial charge in [0.05, 0.1) is 18.3 Å². The summed E-state index contributed by atoms with van der Waals surface area (Å²) in [4.78, 5) is 26.7. The topological polar surface area (TPSA) is 55.8 Å². The molecule has 0 aromatic heterocycles. The number of nitrogens with zero attached hydrogens (tertiary/aromatic N) is 1. The third-order valence-corrected chi connectivity index (χ3v) is 4.63. The fourth-order valence-corrected chi connectivity index (χ4v) is 3.18. The Morgan fingerprint density at radius 3 is 2.59 bits per heavy atom. The molecule has 5 nitrogen and oxygen atoms in total. The maximum Gasteiger partial charge on any atom is 0.340 e. The van der Waals surface area contributed by atoms with Crippen LogP contribution in [0, 0.1) is 0 Å². The second-order valence-corrected chi connectivity index (χ2v) is 6.56. The van der Waals surface area contributed by atoms with Gasteiger partial charge in [-0.05, 0) is 36.3 Å². The number of hydrogen-bond donors (Lipinski definition) is 0. The molecule has 0 N–H and O–H groups in total. The first-order valence-corrected chi connectivity index (χ1v) is 9.26. The van der Waals surface area contributed by atoms with Crippen LogP contribution in [-0.4, -0.2) is 30.4 Å². The summed E-state index contributed by atoms with van der Waals surface area (Å²) in [6, 6.07) is 17.3. The molecule has 2 aromatic carbocycles. The van der Waals surface area contributed by atoms with Gasteiger partial charge in [-0.1, -0.05) is 48.5 Å². The highest BCUT2D eigenvalue weighted by atomic mass is 16.5. The predicted molar refractivity (Wildman–Crippen MR) is 112 cm³/mol. The van der Waals surface area contributed by atoms with Crippen LogP contribution >= 0.6 is 0 Å². The van der Waals surface area contributed by atoms with Gasteiger partial charge in [0.15, 0.2) is 0 Å². The second kappa shape index (κ2) is 9.06. The minimum atomic E-state index is -0.537. The smallest absolute Gasteiger partial charge is 0.340 e. The first kappa shape index (κ1) is 20.1. The number of benzene rings is 2. The fourth-order valence-electron chi connectivity index (χ4n) is 3.18. The Morgan fingerprint density at radius 2 is 1.90 bits per heavy atom. The molecule has 0 atom stereocenters. The highest BCUT2D eigenvalue weighted by molar-refractivity contribution is 6.16. The van der Waals surface area contributed by atoms with E-state index in [9.17, 15) is 9.59 Å². The molecule has 2 aromatic rings. The Bertz CT molecular complexity index is 989. The van der Waals surface area contributed by atoms with Gasteiger partial charge < -0.3 is 14.4 Å². The van der Waals surface area contributed by atoms with E-state index in [1.54, 1.807) is 19.1 Å². The van der Waals surface area contributed by atoms with E-state index >= 15 is 0 Å². The minimum absolute atomic E-state index is 0.251. The molecule has 0 fully saturated rings. The number of ether oxygens (including phenoxy) is 2. The number of amides is 1. The van der Waals surface area contributed by atoms with Crippen molar-refractivity contribution in [1.82, 2.24) is 4.90 Å². The first-order valence-electron chi connectivity index (χ1n) is 9.26. The predicted octanol–water partition coefficient (Wildman–Crippen LogP) is 4.12. The Labute approximate surface area is 170 Å². The lowest BCUT2D eigenvalue weighted by Crippen LogP contribution is -2.24. The third-order valence-electron chi connectivity index (χ3n) is 4.63. The molecular weight excluding hydrogens is 366 g/mol. The van der Waals surface area contributed by atoms with Gasteiger partial charge in [0.1, 0.15) is 12.4 Å². The molecule has 3 rings (SSSR count). The highest BCUT2D eigenvalue weighted by Crippen LogP contribution is 2.32. The Balaban J connectivity index is 1.88. The molecule has 1 aliphatic rings. The summed E-state index contributed by atoms with van der Waals surface area (Å²) in [7, 11) is 1.30. The first-order chi connectivity index (χ1) is 14.0. The van der Waals surface area contributed by atoms with E-state index in [0.29, 0.717) is 30.2 Å². The van der Waals surface area contributed by atoms with Crippen molar-refractivity contribution < 1.29 is 19.1 Å². The van der Waals surface area contributed by atoms with Crippen molar-refractivity contribution in [3.05, 3.63) is 95.2 Å². The molecule has 1 amide bonds.